The zero-order chi connectivity index (χ0) is 11.0. The Morgan fingerprint density at radius 2 is 1.67 bits per heavy atom. The average Bonchev–Trinajstić information content (AvgIpc) is 2.72. The Morgan fingerprint density at radius 3 is 2.27 bits per heavy atom. The van der Waals surface area contributed by atoms with Gasteiger partial charge in [0.05, 0.1) is 0 Å². The van der Waals surface area contributed by atoms with E-state index in [-0.39, 0.29) is 0 Å². The van der Waals surface area contributed by atoms with Gasteiger partial charge in [-0.3, -0.25) is 0 Å². The van der Waals surface area contributed by atoms with E-state index < -0.39 is 0 Å². The summed E-state index contributed by atoms with van der Waals surface area (Å²) in [5, 5.41) is 0.996. The Balaban J connectivity index is 2.71. The van der Waals surface area contributed by atoms with E-state index in [4.69, 9.17) is 17.3 Å². The van der Waals surface area contributed by atoms with E-state index in [9.17, 15) is 0 Å². The first-order valence-electron chi connectivity index (χ1n) is 5.81. The van der Waals surface area contributed by atoms with Crippen LogP contribution in [0.15, 0.2) is 0 Å². The first-order chi connectivity index (χ1) is 7.20. The smallest absolute Gasteiger partial charge is 0.0476 e. The first-order valence-corrected chi connectivity index (χ1v) is 6.18. The third kappa shape index (κ3) is 1.53. The fourth-order valence-corrected chi connectivity index (χ4v) is 3.17. The van der Waals surface area contributed by atoms with Gasteiger partial charge in [0, 0.05) is 10.7 Å². The summed E-state index contributed by atoms with van der Waals surface area (Å²) < 4.78 is 0. The fourth-order valence-electron chi connectivity index (χ4n) is 2.71. The lowest BCUT2D eigenvalue weighted by molar-refractivity contribution is 0.912. The van der Waals surface area contributed by atoms with E-state index in [2.05, 4.69) is 13.8 Å². The Hall–Kier alpha value is -0.690. The molecule has 0 heterocycles. The predicted octanol–water partition coefficient (Wildman–Crippen LogP) is 3.54. The number of halogens is 1. The Morgan fingerprint density at radius 1 is 1.07 bits per heavy atom. The molecule has 1 nitrogen and oxygen atoms in total. The summed E-state index contributed by atoms with van der Waals surface area (Å²) in [6, 6.07) is 0. The zero-order valence-corrected chi connectivity index (χ0v) is 10.2. The summed E-state index contributed by atoms with van der Waals surface area (Å²) in [6.07, 6.45) is 5.39. The highest BCUT2D eigenvalue weighted by Gasteiger charge is 2.22. The van der Waals surface area contributed by atoms with Crippen LogP contribution >= 0.6 is 11.6 Å². The maximum Gasteiger partial charge on any atom is 0.0476 e. The fraction of sp³-hybridized carbons (Fsp3) is 0.538. The molecule has 0 atom stereocenters. The molecule has 0 aliphatic heterocycles. The minimum Gasteiger partial charge on any atom is -0.398 e. The molecule has 0 unspecified atom stereocenters. The van der Waals surface area contributed by atoms with Crippen molar-refractivity contribution in [2.24, 2.45) is 0 Å². The number of hydrogen-bond donors (Lipinski definition) is 1. The second kappa shape index (κ2) is 4.05. The molecule has 0 saturated carbocycles. The van der Waals surface area contributed by atoms with Crippen LogP contribution in [0.25, 0.3) is 0 Å². The van der Waals surface area contributed by atoms with Crippen LogP contribution in [0, 0.1) is 0 Å². The van der Waals surface area contributed by atoms with Crippen molar-refractivity contribution in [3.05, 3.63) is 27.3 Å². The first kappa shape index (κ1) is 10.8. The van der Waals surface area contributed by atoms with Crippen molar-refractivity contribution in [2.75, 3.05) is 5.73 Å². The molecule has 0 amide bonds. The number of nitrogens with two attached hydrogens (primary N) is 1. The van der Waals surface area contributed by atoms with E-state index in [1.54, 1.807) is 0 Å². The Kier molecular flexibility index (Phi) is 2.92. The third-order valence-corrected chi connectivity index (χ3v) is 3.93. The van der Waals surface area contributed by atoms with Gasteiger partial charge in [-0.05, 0) is 54.4 Å². The van der Waals surface area contributed by atoms with Gasteiger partial charge in [-0.1, -0.05) is 25.4 Å². The molecule has 1 aromatic carbocycles. The number of hydrogen-bond acceptors (Lipinski definition) is 1. The third-order valence-electron chi connectivity index (χ3n) is 3.47. The maximum atomic E-state index is 6.45. The van der Waals surface area contributed by atoms with Crippen LogP contribution in [-0.2, 0) is 25.7 Å². The molecular formula is C13H18ClN. The van der Waals surface area contributed by atoms with Crippen LogP contribution in [0.4, 0.5) is 5.69 Å². The monoisotopic (exact) mass is 223 g/mol. The van der Waals surface area contributed by atoms with Crippen molar-refractivity contribution >= 4 is 17.3 Å². The molecule has 1 aliphatic rings. The van der Waals surface area contributed by atoms with Crippen molar-refractivity contribution in [3.63, 3.8) is 0 Å². The summed E-state index contributed by atoms with van der Waals surface area (Å²) in [5.41, 5.74) is 12.5. The van der Waals surface area contributed by atoms with Crippen LogP contribution in [0.2, 0.25) is 5.02 Å². The number of fused-ring (bicyclic) bond motifs is 1. The molecule has 2 rings (SSSR count). The molecule has 0 bridgehead atoms. The summed E-state index contributed by atoms with van der Waals surface area (Å²) in [5.74, 6) is 0. The molecule has 0 spiro atoms. The predicted molar refractivity (Wildman–Crippen MR) is 66.6 cm³/mol. The van der Waals surface area contributed by atoms with Gasteiger partial charge in [0.25, 0.3) is 0 Å². The van der Waals surface area contributed by atoms with E-state index in [1.807, 2.05) is 0 Å². The summed E-state index contributed by atoms with van der Waals surface area (Å²) in [7, 11) is 0. The molecule has 0 saturated heterocycles. The van der Waals surface area contributed by atoms with Gasteiger partial charge in [-0.2, -0.15) is 0 Å². The number of rotatable bonds is 2. The second-order valence-electron chi connectivity index (χ2n) is 4.20. The van der Waals surface area contributed by atoms with Gasteiger partial charge in [0.2, 0.25) is 0 Å². The molecule has 2 N–H and O–H groups in total. The molecule has 2 heteroatoms. The molecule has 1 aliphatic carbocycles. The van der Waals surface area contributed by atoms with E-state index in [0.717, 1.165) is 36.4 Å². The van der Waals surface area contributed by atoms with Crippen LogP contribution in [0.5, 0.6) is 0 Å². The maximum absolute atomic E-state index is 6.45. The van der Waals surface area contributed by atoms with Crippen LogP contribution in [0.3, 0.4) is 0 Å². The van der Waals surface area contributed by atoms with E-state index >= 15 is 0 Å². The minimum atomic E-state index is 0.986. The second-order valence-corrected chi connectivity index (χ2v) is 4.58. The SMILES string of the molecule is CCc1c(N)c2c(c(Cl)c1CC)CCC2. The highest BCUT2D eigenvalue weighted by atomic mass is 35.5. The van der Waals surface area contributed by atoms with Crippen molar-refractivity contribution in [1.82, 2.24) is 0 Å². The van der Waals surface area contributed by atoms with Crippen molar-refractivity contribution in [2.45, 2.75) is 46.0 Å². The van der Waals surface area contributed by atoms with Gasteiger partial charge < -0.3 is 5.73 Å². The van der Waals surface area contributed by atoms with E-state index in [1.165, 1.54) is 28.7 Å². The van der Waals surface area contributed by atoms with Crippen molar-refractivity contribution in [1.29, 1.82) is 0 Å². The number of benzene rings is 1. The number of anilines is 1. The Bertz CT molecular complexity index is 359. The van der Waals surface area contributed by atoms with Gasteiger partial charge in [0.1, 0.15) is 0 Å². The Labute approximate surface area is 96.6 Å². The largest absolute Gasteiger partial charge is 0.398 e. The average molecular weight is 224 g/mol. The van der Waals surface area contributed by atoms with Crippen LogP contribution in [-0.4, -0.2) is 0 Å². The lowest BCUT2D eigenvalue weighted by Crippen LogP contribution is -2.05. The molecule has 15 heavy (non-hydrogen) atoms. The highest BCUT2D eigenvalue weighted by molar-refractivity contribution is 6.32. The lowest BCUT2D eigenvalue weighted by Gasteiger charge is -2.17. The molecule has 0 aromatic heterocycles. The molecular weight excluding hydrogens is 206 g/mol. The van der Waals surface area contributed by atoms with Crippen LogP contribution in [0.1, 0.15) is 42.5 Å². The summed E-state index contributed by atoms with van der Waals surface area (Å²) in [6.45, 7) is 4.31. The van der Waals surface area contributed by atoms with Crippen molar-refractivity contribution < 1.29 is 0 Å². The molecule has 82 valence electrons. The molecule has 0 fully saturated rings. The quantitative estimate of drug-likeness (QED) is 0.763. The number of nitrogen functional groups attached to an aromatic ring is 1. The lowest BCUT2D eigenvalue weighted by atomic mass is 9.94. The molecule has 1 aromatic rings. The van der Waals surface area contributed by atoms with Crippen molar-refractivity contribution in [3.8, 4) is 0 Å². The van der Waals surface area contributed by atoms with Gasteiger partial charge >= 0.3 is 0 Å². The van der Waals surface area contributed by atoms with Gasteiger partial charge in [-0.15, -0.1) is 0 Å². The minimum absolute atomic E-state index is 0.986. The summed E-state index contributed by atoms with van der Waals surface area (Å²) in [4.78, 5) is 0. The van der Waals surface area contributed by atoms with Crippen LogP contribution < -0.4 is 5.73 Å². The van der Waals surface area contributed by atoms with E-state index in [0.29, 0.717) is 0 Å². The summed E-state index contributed by atoms with van der Waals surface area (Å²) >= 11 is 6.45. The van der Waals surface area contributed by atoms with Gasteiger partial charge in [-0.25, -0.2) is 0 Å². The van der Waals surface area contributed by atoms with Gasteiger partial charge in [0.15, 0.2) is 0 Å². The topological polar surface area (TPSA) is 26.0 Å². The normalized spacial score (nSPS) is 14.3. The standard InChI is InChI=1S/C13H18ClN/c1-3-8-9(4-2)13(15)11-7-5-6-10(11)12(8)14/h3-7,15H2,1-2H3. The zero-order valence-electron chi connectivity index (χ0n) is 9.49. The highest BCUT2D eigenvalue weighted by Crippen LogP contribution is 2.39. The molecule has 0 radical (unpaired) electrons.